The lowest BCUT2D eigenvalue weighted by atomic mass is 10.2. The number of halogens is 1. The van der Waals surface area contributed by atoms with Crippen molar-refractivity contribution in [2.24, 2.45) is 12.1 Å². The van der Waals surface area contributed by atoms with E-state index in [2.05, 4.69) is 31.4 Å². The van der Waals surface area contributed by atoms with E-state index in [0.717, 1.165) is 20.9 Å². The number of fused-ring (bicyclic) bond motifs is 1. The number of aryl methyl sites for hydroxylation is 1. The minimum atomic E-state index is -0.301. The fraction of sp³-hybridized carbons (Fsp3) is 0.0625. The summed E-state index contributed by atoms with van der Waals surface area (Å²) in [6, 6.07) is 9.72. The first-order valence-electron chi connectivity index (χ1n) is 6.63. The molecule has 3 rings (SSSR count). The van der Waals surface area contributed by atoms with Crippen molar-refractivity contribution in [2.75, 3.05) is 0 Å². The minimum absolute atomic E-state index is 0.301. The maximum Gasteiger partial charge on any atom is 0.272 e. The van der Waals surface area contributed by atoms with Crippen LogP contribution in [0.25, 0.3) is 10.9 Å². The van der Waals surface area contributed by atoms with Crippen LogP contribution in [0, 0.1) is 0 Å². The molecule has 0 aliphatic rings. The van der Waals surface area contributed by atoms with Crippen LogP contribution in [0.3, 0.4) is 0 Å². The Hall–Kier alpha value is -2.47. The van der Waals surface area contributed by atoms with E-state index in [1.54, 1.807) is 18.5 Å². The van der Waals surface area contributed by atoms with Gasteiger partial charge >= 0.3 is 0 Å². The molecule has 0 unspecified atom stereocenters. The fourth-order valence-corrected chi connectivity index (χ4v) is 2.60. The number of benzene rings is 1. The van der Waals surface area contributed by atoms with Gasteiger partial charge in [-0.3, -0.25) is 9.78 Å². The van der Waals surface area contributed by atoms with Crippen LogP contribution in [-0.2, 0) is 7.05 Å². The third-order valence-corrected chi connectivity index (χ3v) is 3.70. The standard InChI is InChI=1S/C16H13BrN4O/c1-21-10-12(14-4-2-3-5-15(14)21)8-19-20-16(22)11-6-13(17)9-18-7-11/h2-10H,1H3,(H,20,22)/b19-8+. The van der Waals surface area contributed by atoms with Crippen molar-refractivity contribution >= 4 is 39.0 Å². The van der Waals surface area contributed by atoms with Gasteiger partial charge in [0.1, 0.15) is 0 Å². The normalized spacial score (nSPS) is 11.2. The molecule has 0 saturated heterocycles. The molecule has 0 aliphatic carbocycles. The summed E-state index contributed by atoms with van der Waals surface area (Å²) in [5, 5.41) is 5.12. The van der Waals surface area contributed by atoms with E-state index in [0.29, 0.717) is 5.56 Å². The fourth-order valence-electron chi connectivity index (χ4n) is 2.24. The Morgan fingerprint density at radius 1 is 1.36 bits per heavy atom. The highest BCUT2D eigenvalue weighted by Gasteiger charge is 2.06. The van der Waals surface area contributed by atoms with Crippen molar-refractivity contribution in [1.82, 2.24) is 15.0 Å². The summed E-state index contributed by atoms with van der Waals surface area (Å²) in [6.07, 6.45) is 6.73. The molecule has 2 heterocycles. The molecule has 0 saturated carbocycles. The molecule has 6 heteroatoms. The van der Waals surface area contributed by atoms with Crippen LogP contribution in [0.5, 0.6) is 0 Å². The lowest BCUT2D eigenvalue weighted by Crippen LogP contribution is -2.17. The monoisotopic (exact) mass is 356 g/mol. The first-order valence-corrected chi connectivity index (χ1v) is 7.42. The van der Waals surface area contributed by atoms with Crippen molar-refractivity contribution in [3.8, 4) is 0 Å². The highest BCUT2D eigenvalue weighted by molar-refractivity contribution is 9.10. The number of hydrogen-bond donors (Lipinski definition) is 1. The lowest BCUT2D eigenvalue weighted by Gasteiger charge is -1.99. The zero-order valence-corrected chi connectivity index (χ0v) is 13.4. The smallest absolute Gasteiger partial charge is 0.272 e. The Balaban J connectivity index is 1.78. The Labute approximate surface area is 135 Å². The molecule has 1 N–H and O–H groups in total. The first kappa shape index (κ1) is 14.5. The van der Waals surface area contributed by atoms with Crippen LogP contribution in [0.2, 0.25) is 0 Å². The van der Waals surface area contributed by atoms with Gasteiger partial charge in [0.05, 0.1) is 11.8 Å². The van der Waals surface area contributed by atoms with Gasteiger partial charge in [0.25, 0.3) is 5.91 Å². The zero-order chi connectivity index (χ0) is 15.5. The molecule has 0 bridgehead atoms. The van der Waals surface area contributed by atoms with E-state index in [9.17, 15) is 4.79 Å². The molecule has 0 radical (unpaired) electrons. The summed E-state index contributed by atoms with van der Waals surface area (Å²) in [5.74, 6) is -0.301. The largest absolute Gasteiger partial charge is 0.350 e. The molecule has 3 aromatic rings. The van der Waals surface area contributed by atoms with Crippen molar-refractivity contribution in [1.29, 1.82) is 0 Å². The van der Waals surface area contributed by atoms with E-state index in [4.69, 9.17) is 0 Å². The van der Waals surface area contributed by atoms with E-state index in [1.165, 1.54) is 6.20 Å². The summed E-state index contributed by atoms with van der Waals surface area (Å²) >= 11 is 3.28. The zero-order valence-electron chi connectivity index (χ0n) is 11.8. The van der Waals surface area contributed by atoms with Gasteiger partial charge in [-0.05, 0) is 28.1 Å². The summed E-state index contributed by atoms with van der Waals surface area (Å²) in [6.45, 7) is 0. The van der Waals surface area contributed by atoms with Gasteiger partial charge in [-0.15, -0.1) is 0 Å². The third-order valence-electron chi connectivity index (χ3n) is 3.26. The van der Waals surface area contributed by atoms with Gasteiger partial charge in [-0.25, -0.2) is 5.43 Å². The lowest BCUT2D eigenvalue weighted by molar-refractivity contribution is 0.0954. The number of pyridine rings is 1. The predicted molar refractivity (Wildman–Crippen MR) is 89.9 cm³/mol. The second-order valence-electron chi connectivity index (χ2n) is 4.80. The molecule has 0 aliphatic heterocycles. The molecule has 5 nitrogen and oxygen atoms in total. The van der Waals surface area contributed by atoms with E-state index >= 15 is 0 Å². The van der Waals surface area contributed by atoms with Gasteiger partial charge in [-0.2, -0.15) is 5.10 Å². The van der Waals surface area contributed by atoms with Crippen LogP contribution >= 0.6 is 15.9 Å². The summed E-state index contributed by atoms with van der Waals surface area (Å²) in [4.78, 5) is 15.9. The molecular weight excluding hydrogens is 344 g/mol. The van der Waals surface area contributed by atoms with E-state index < -0.39 is 0 Å². The Morgan fingerprint density at radius 3 is 3.00 bits per heavy atom. The number of nitrogens with zero attached hydrogens (tertiary/aromatic N) is 3. The minimum Gasteiger partial charge on any atom is -0.350 e. The number of rotatable bonds is 3. The summed E-state index contributed by atoms with van der Waals surface area (Å²) in [7, 11) is 1.98. The number of hydrazone groups is 1. The second kappa shape index (κ2) is 6.11. The summed E-state index contributed by atoms with van der Waals surface area (Å²) < 4.78 is 2.77. The SMILES string of the molecule is Cn1cc(/C=N/NC(=O)c2cncc(Br)c2)c2ccccc21. The van der Waals surface area contributed by atoms with Gasteiger partial charge < -0.3 is 4.57 Å². The molecular formula is C16H13BrN4O. The van der Waals surface area contributed by atoms with E-state index in [1.807, 2.05) is 42.1 Å². The number of aromatic nitrogens is 2. The number of nitrogens with one attached hydrogen (secondary N) is 1. The molecule has 1 aromatic carbocycles. The first-order chi connectivity index (χ1) is 10.6. The Bertz CT molecular complexity index is 869. The molecule has 0 fully saturated rings. The maximum atomic E-state index is 12.0. The highest BCUT2D eigenvalue weighted by Crippen LogP contribution is 2.18. The van der Waals surface area contributed by atoms with Crippen LogP contribution in [0.4, 0.5) is 0 Å². The average molecular weight is 357 g/mol. The number of amides is 1. The van der Waals surface area contributed by atoms with Crippen molar-refractivity contribution in [3.63, 3.8) is 0 Å². The molecule has 2 aromatic heterocycles. The summed E-state index contributed by atoms with van der Waals surface area (Å²) in [5.41, 5.74) is 5.02. The van der Waals surface area contributed by atoms with Crippen molar-refractivity contribution < 1.29 is 4.79 Å². The highest BCUT2D eigenvalue weighted by atomic mass is 79.9. The Kier molecular flexibility index (Phi) is 4.02. The van der Waals surface area contributed by atoms with Crippen LogP contribution in [-0.4, -0.2) is 21.7 Å². The van der Waals surface area contributed by atoms with Gasteiger partial charge in [0.15, 0.2) is 0 Å². The predicted octanol–water partition coefficient (Wildman–Crippen LogP) is 3.10. The average Bonchev–Trinajstić information content (AvgIpc) is 2.84. The molecule has 0 spiro atoms. The van der Waals surface area contributed by atoms with Crippen LogP contribution < -0.4 is 5.43 Å². The number of carbonyl (C=O) groups is 1. The van der Waals surface area contributed by atoms with Gasteiger partial charge in [0.2, 0.25) is 0 Å². The van der Waals surface area contributed by atoms with E-state index in [-0.39, 0.29) is 5.91 Å². The third kappa shape index (κ3) is 2.92. The molecule has 1 amide bonds. The Morgan fingerprint density at radius 2 is 2.18 bits per heavy atom. The molecule has 22 heavy (non-hydrogen) atoms. The van der Waals surface area contributed by atoms with Gasteiger partial charge in [0, 0.05) is 46.6 Å². The second-order valence-corrected chi connectivity index (χ2v) is 5.72. The number of hydrogen-bond acceptors (Lipinski definition) is 3. The maximum absolute atomic E-state index is 12.0. The number of carbonyl (C=O) groups excluding carboxylic acids is 1. The van der Waals surface area contributed by atoms with Crippen LogP contribution in [0.1, 0.15) is 15.9 Å². The topological polar surface area (TPSA) is 59.3 Å². The number of para-hydroxylation sites is 1. The molecule has 110 valence electrons. The van der Waals surface area contributed by atoms with Gasteiger partial charge in [-0.1, -0.05) is 18.2 Å². The van der Waals surface area contributed by atoms with Crippen molar-refractivity contribution in [3.05, 3.63) is 64.5 Å². The van der Waals surface area contributed by atoms with Crippen LogP contribution in [0.15, 0.2) is 58.5 Å². The quantitative estimate of drug-likeness (QED) is 0.579. The van der Waals surface area contributed by atoms with Crippen molar-refractivity contribution in [2.45, 2.75) is 0 Å². The molecule has 0 atom stereocenters.